The van der Waals surface area contributed by atoms with E-state index >= 15 is 0 Å². The number of carboxylic acid groups (broad SMARTS) is 1. The molecule has 2 atom stereocenters. The van der Waals surface area contributed by atoms with Crippen LogP contribution in [0.25, 0.3) is 0 Å². The van der Waals surface area contributed by atoms with E-state index in [2.05, 4.69) is 14.9 Å². The van der Waals surface area contributed by atoms with Crippen molar-refractivity contribution in [3.63, 3.8) is 0 Å². The second-order valence-corrected chi connectivity index (χ2v) is 5.61. The Morgan fingerprint density at radius 2 is 2.05 bits per heavy atom. The zero-order valence-electron chi connectivity index (χ0n) is 12.3. The topological polar surface area (TPSA) is 66.3 Å². The minimum Gasteiger partial charge on any atom is -0.481 e. The Bertz CT molecular complexity index is 579. The average Bonchev–Trinajstić information content (AvgIpc) is 2.57. The molecule has 0 saturated carbocycles. The molecule has 2 aromatic rings. The van der Waals surface area contributed by atoms with Crippen LogP contribution in [0.1, 0.15) is 30.1 Å². The number of aliphatic carboxylic acids is 1. The van der Waals surface area contributed by atoms with Gasteiger partial charge in [-0.1, -0.05) is 6.07 Å². The van der Waals surface area contributed by atoms with Crippen molar-refractivity contribution in [3.8, 4) is 0 Å². The van der Waals surface area contributed by atoms with Gasteiger partial charge in [0.15, 0.2) is 0 Å². The van der Waals surface area contributed by atoms with Crippen molar-refractivity contribution in [1.29, 1.82) is 0 Å². The highest BCUT2D eigenvalue weighted by molar-refractivity contribution is 5.70. The average molecular weight is 297 g/mol. The Morgan fingerprint density at radius 1 is 1.23 bits per heavy atom. The van der Waals surface area contributed by atoms with Gasteiger partial charge in [0.05, 0.1) is 17.7 Å². The van der Waals surface area contributed by atoms with Gasteiger partial charge in [-0.05, 0) is 49.2 Å². The molecule has 1 N–H and O–H groups in total. The smallest absolute Gasteiger partial charge is 0.307 e. The Labute approximate surface area is 129 Å². The minimum atomic E-state index is -0.709. The normalized spacial score (nSPS) is 20.5. The lowest BCUT2D eigenvalue weighted by molar-refractivity contribution is -0.143. The van der Waals surface area contributed by atoms with E-state index in [0.717, 1.165) is 30.6 Å². The summed E-state index contributed by atoms with van der Waals surface area (Å²) in [6.45, 7) is 1.44. The van der Waals surface area contributed by atoms with Crippen LogP contribution in [0.15, 0.2) is 48.9 Å². The minimum absolute atomic E-state index is 0.0219. The van der Waals surface area contributed by atoms with Gasteiger partial charge in [0, 0.05) is 25.1 Å². The van der Waals surface area contributed by atoms with E-state index in [-0.39, 0.29) is 12.0 Å². The van der Waals surface area contributed by atoms with Gasteiger partial charge in [0.25, 0.3) is 0 Å². The number of piperidine rings is 1. The van der Waals surface area contributed by atoms with Crippen molar-refractivity contribution >= 4 is 5.97 Å². The van der Waals surface area contributed by atoms with Gasteiger partial charge in [-0.3, -0.25) is 19.7 Å². The Kier molecular flexibility index (Phi) is 4.44. The number of hydrogen-bond donors (Lipinski definition) is 1. The summed E-state index contributed by atoms with van der Waals surface area (Å²) in [5, 5.41) is 9.33. The molecule has 0 bridgehead atoms. The van der Waals surface area contributed by atoms with E-state index in [1.165, 1.54) is 0 Å². The van der Waals surface area contributed by atoms with E-state index < -0.39 is 5.97 Å². The predicted molar refractivity (Wildman–Crippen MR) is 82.2 cm³/mol. The largest absolute Gasteiger partial charge is 0.481 e. The van der Waals surface area contributed by atoms with E-state index in [1.54, 1.807) is 18.6 Å². The molecule has 1 aliphatic heterocycles. The molecule has 2 aromatic heterocycles. The van der Waals surface area contributed by atoms with Gasteiger partial charge in [-0.2, -0.15) is 0 Å². The molecule has 0 aliphatic carbocycles. The first kappa shape index (κ1) is 14.7. The summed E-state index contributed by atoms with van der Waals surface area (Å²) in [5.41, 5.74) is 2.04. The summed E-state index contributed by atoms with van der Waals surface area (Å²) >= 11 is 0. The van der Waals surface area contributed by atoms with Crippen LogP contribution in [-0.2, 0) is 4.79 Å². The molecule has 0 spiro atoms. The van der Waals surface area contributed by atoms with E-state index in [0.29, 0.717) is 6.54 Å². The standard InChI is InChI=1S/C17H19N3O2/c21-17(22)14-4-3-11-20(12-14)16(13-6-9-18-10-7-13)15-5-1-2-8-19-15/h1-2,5-10,14,16H,3-4,11-12H2,(H,21,22). The number of rotatable bonds is 4. The molecule has 0 aromatic carbocycles. The molecule has 1 aliphatic rings. The van der Waals surface area contributed by atoms with Crippen LogP contribution in [0.3, 0.4) is 0 Å². The summed E-state index contributed by atoms with van der Waals surface area (Å²) in [7, 11) is 0. The summed E-state index contributed by atoms with van der Waals surface area (Å²) < 4.78 is 0. The van der Waals surface area contributed by atoms with Crippen LogP contribution < -0.4 is 0 Å². The lowest BCUT2D eigenvalue weighted by Crippen LogP contribution is -2.41. The van der Waals surface area contributed by atoms with Crippen LogP contribution in [-0.4, -0.2) is 39.0 Å². The number of pyridine rings is 2. The third-order valence-electron chi connectivity index (χ3n) is 4.16. The number of aromatic nitrogens is 2. The number of carbonyl (C=O) groups is 1. The molecule has 114 valence electrons. The van der Waals surface area contributed by atoms with Crippen LogP contribution in [0, 0.1) is 5.92 Å². The first-order valence-electron chi connectivity index (χ1n) is 7.53. The maximum Gasteiger partial charge on any atom is 0.307 e. The van der Waals surface area contributed by atoms with Crippen molar-refractivity contribution in [3.05, 3.63) is 60.2 Å². The van der Waals surface area contributed by atoms with Gasteiger partial charge < -0.3 is 5.11 Å². The van der Waals surface area contributed by atoms with Gasteiger partial charge >= 0.3 is 5.97 Å². The fourth-order valence-corrected chi connectivity index (χ4v) is 3.09. The van der Waals surface area contributed by atoms with Gasteiger partial charge in [-0.25, -0.2) is 0 Å². The van der Waals surface area contributed by atoms with E-state index in [9.17, 15) is 9.90 Å². The lowest BCUT2D eigenvalue weighted by Gasteiger charge is -2.37. The van der Waals surface area contributed by atoms with Crippen LogP contribution in [0.2, 0.25) is 0 Å². The second-order valence-electron chi connectivity index (χ2n) is 5.61. The summed E-state index contributed by atoms with van der Waals surface area (Å²) in [5.74, 6) is -1.01. The Balaban J connectivity index is 1.94. The predicted octanol–water partition coefficient (Wildman–Crippen LogP) is 2.36. The molecular formula is C17H19N3O2. The van der Waals surface area contributed by atoms with Crippen molar-refractivity contribution in [1.82, 2.24) is 14.9 Å². The third-order valence-corrected chi connectivity index (χ3v) is 4.16. The first-order valence-corrected chi connectivity index (χ1v) is 7.53. The van der Waals surface area contributed by atoms with E-state index in [1.807, 2.05) is 30.3 Å². The van der Waals surface area contributed by atoms with Crippen molar-refractivity contribution in [2.24, 2.45) is 5.92 Å². The highest BCUT2D eigenvalue weighted by atomic mass is 16.4. The summed E-state index contributed by atoms with van der Waals surface area (Å²) in [4.78, 5) is 22.1. The van der Waals surface area contributed by atoms with E-state index in [4.69, 9.17) is 0 Å². The molecule has 1 fully saturated rings. The molecule has 0 radical (unpaired) electrons. The zero-order valence-corrected chi connectivity index (χ0v) is 12.3. The summed E-state index contributed by atoms with van der Waals surface area (Å²) in [6, 6.07) is 9.79. The SMILES string of the molecule is O=C(O)C1CCCN(C(c2ccncc2)c2ccccn2)C1. The highest BCUT2D eigenvalue weighted by Crippen LogP contribution is 2.31. The van der Waals surface area contributed by atoms with Crippen LogP contribution in [0.4, 0.5) is 0 Å². The molecule has 2 unspecified atom stereocenters. The molecule has 1 saturated heterocycles. The Hall–Kier alpha value is -2.27. The molecule has 0 amide bonds. The molecule has 3 rings (SSSR count). The number of hydrogen-bond acceptors (Lipinski definition) is 4. The zero-order chi connectivity index (χ0) is 15.4. The Morgan fingerprint density at radius 3 is 2.73 bits per heavy atom. The van der Waals surface area contributed by atoms with Crippen molar-refractivity contribution < 1.29 is 9.90 Å². The fraction of sp³-hybridized carbons (Fsp3) is 0.353. The van der Waals surface area contributed by atoms with Gasteiger partial charge in [-0.15, -0.1) is 0 Å². The van der Waals surface area contributed by atoms with Gasteiger partial charge in [0.2, 0.25) is 0 Å². The van der Waals surface area contributed by atoms with Crippen molar-refractivity contribution in [2.75, 3.05) is 13.1 Å². The lowest BCUT2D eigenvalue weighted by atomic mass is 9.93. The number of likely N-dealkylation sites (tertiary alicyclic amines) is 1. The maximum absolute atomic E-state index is 11.3. The monoisotopic (exact) mass is 297 g/mol. The van der Waals surface area contributed by atoms with Crippen molar-refractivity contribution in [2.45, 2.75) is 18.9 Å². The highest BCUT2D eigenvalue weighted by Gasteiger charge is 2.31. The van der Waals surface area contributed by atoms with Gasteiger partial charge in [0.1, 0.15) is 0 Å². The molecule has 3 heterocycles. The summed E-state index contributed by atoms with van der Waals surface area (Å²) in [6.07, 6.45) is 6.96. The first-order chi connectivity index (χ1) is 10.8. The molecule has 22 heavy (non-hydrogen) atoms. The third kappa shape index (κ3) is 3.14. The molecule has 5 heteroatoms. The number of nitrogens with zero attached hydrogens (tertiary/aromatic N) is 3. The molecule has 5 nitrogen and oxygen atoms in total. The van der Waals surface area contributed by atoms with Crippen LogP contribution >= 0.6 is 0 Å². The number of carboxylic acids is 1. The maximum atomic E-state index is 11.3. The molecular weight excluding hydrogens is 278 g/mol. The second kappa shape index (κ2) is 6.66. The quantitative estimate of drug-likeness (QED) is 0.938. The van der Waals surface area contributed by atoms with Crippen LogP contribution in [0.5, 0.6) is 0 Å². The fourth-order valence-electron chi connectivity index (χ4n) is 3.09.